The molecule has 3 heteroatoms. The van der Waals surface area contributed by atoms with E-state index < -0.39 is 0 Å². The van der Waals surface area contributed by atoms with E-state index in [1.165, 1.54) is 0 Å². The van der Waals surface area contributed by atoms with Gasteiger partial charge in [0, 0.05) is 5.87 Å². The van der Waals surface area contributed by atoms with Gasteiger partial charge in [0.05, 0.1) is 0 Å². The predicted octanol–water partition coefficient (Wildman–Crippen LogP) is 1.55. The van der Waals surface area contributed by atoms with Gasteiger partial charge >= 0.3 is 0 Å². The van der Waals surface area contributed by atoms with Gasteiger partial charge in [0.15, 0.2) is 4.49 Å². The minimum atomic E-state index is -0.134. The zero-order valence-electron chi connectivity index (χ0n) is 2.26. The Hall–Kier alpha value is 0.0300. The van der Waals surface area contributed by atoms with Gasteiger partial charge in [-0.3, -0.25) is 5.41 Å². The lowest BCUT2D eigenvalue weighted by Gasteiger charge is -1.57. The summed E-state index contributed by atoms with van der Waals surface area (Å²) in [5.41, 5.74) is 0. The van der Waals surface area contributed by atoms with Crippen molar-refractivity contribution in [3.63, 3.8) is 0 Å². The SMILES string of the molecule is N=C=C(Cl)Cl. The molecule has 0 aromatic heterocycles. The summed E-state index contributed by atoms with van der Waals surface area (Å²) >= 11 is 9.69. The van der Waals surface area contributed by atoms with Gasteiger partial charge in [-0.2, -0.15) is 0 Å². The highest BCUT2D eigenvalue weighted by Gasteiger charge is 1.68. The Morgan fingerprint density at radius 3 is 1.80 bits per heavy atom. The third-order valence-corrected chi connectivity index (χ3v) is 0.283. The molecule has 0 bridgehead atoms. The molecule has 0 saturated heterocycles. The standard InChI is InChI=1S/C2HCl2N/c3-2(4)1-5/h5H. The molecule has 0 amide bonds. The van der Waals surface area contributed by atoms with E-state index in [0.29, 0.717) is 0 Å². The average Bonchev–Trinajstić information content (AvgIpc) is 1.38. The van der Waals surface area contributed by atoms with Crippen molar-refractivity contribution in [3.8, 4) is 0 Å². The molecule has 0 aromatic carbocycles. The van der Waals surface area contributed by atoms with Crippen LogP contribution in [0, 0.1) is 5.41 Å². The molecule has 0 fully saturated rings. The third-order valence-electron chi connectivity index (χ3n) is 0.0945. The van der Waals surface area contributed by atoms with Gasteiger partial charge in [-0.15, -0.1) is 0 Å². The Morgan fingerprint density at radius 1 is 1.60 bits per heavy atom. The van der Waals surface area contributed by atoms with Crippen LogP contribution in [-0.2, 0) is 0 Å². The van der Waals surface area contributed by atoms with Gasteiger partial charge in [-0.25, -0.2) is 0 Å². The lowest BCUT2D eigenvalue weighted by molar-refractivity contribution is 1.59. The highest BCUT2D eigenvalue weighted by atomic mass is 35.5. The molecule has 1 nitrogen and oxygen atoms in total. The topological polar surface area (TPSA) is 23.9 Å². The normalized spacial score (nSPS) is 6.00. The first-order chi connectivity index (χ1) is 2.27. The van der Waals surface area contributed by atoms with Crippen molar-refractivity contribution in [2.75, 3.05) is 0 Å². The summed E-state index contributed by atoms with van der Waals surface area (Å²) in [4.78, 5) is 0. The molecule has 0 aliphatic heterocycles. The fraction of sp³-hybridized carbons (Fsp3) is 0. The molecule has 28 valence electrons. The Labute approximate surface area is 39.7 Å². The van der Waals surface area contributed by atoms with Crippen LogP contribution in [-0.4, -0.2) is 5.87 Å². The fourth-order valence-corrected chi connectivity index (χ4v) is 0. The molecule has 0 aliphatic carbocycles. The van der Waals surface area contributed by atoms with Crippen LogP contribution in [0.15, 0.2) is 4.49 Å². The zero-order chi connectivity index (χ0) is 4.28. The van der Waals surface area contributed by atoms with E-state index in [-0.39, 0.29) is 4.49 Å². The van der Waals surface area contributed by atoms with Gasteiger partial charge in [0.25, 0.3) is 0 Å². The molecule has 0 spiro atoms. The number of halogens is 2. The van der Waals surface area contributed by atoms with Crippen molar-refractivity contribution < 1.29 is 0 Å². The lowest BCUT2D eigenvalue weighted by atomic mass is 11.2. The molecule has 1 N–H and O–H groups in total. The summed E-state index contributed by atoms with van der Waals surface area (Å²) in [5, 5.41) is 6.11. The minimum Gasteiger partial charge on any atom is -0.257 e. The molecule has 5 heavy (non-hydrogen) atoms. The second-order valence-electron chi connectivity index (χ2n) is 0.385. The molecular weight excluding hydrogens is 109 g/mol. The lowest BCUT2D eigenvalue weighted by Crippen LogP contribution is -1.42. The van der Waals surface area contributed by atoms with E-state index in [0.717, 1.165) is 0 Å². The van der Waals surface area contributed by atoms with Crippen LogP contribution in [0.1, 0.15) is 0 Å². The Bertz CT molecular complexity index is 67.7. The highest BCUT2D eigenvalue weighted by molar-refractivity contribution is 6.59. The van der Waals surface area contributed by atoms with Gasteiger partial charge in [0.2, 0.25) is 0 Å². The summed E-state index contributed by atoms with van der Waals surface area (Å²) in [6, 6.07) is 0. The van der Waals surface area contributed by atoms with Gasteiger partial charge < -0.3 is 0 Å². The fourth-order valence-electron chi connectivity index (χ4n) is 0. The van der Waals surface area contributed by atoms with Crippen molar-refractivity contribution >= 4 is 29.1 Å². The van der Waals surface area contributed by atoms with Crippen LogP contribution >= 0.6 is 23.2 Å². The van der Waals surface area contributed by atoms with Crippen molar-refractivity contribution in [1.29, 1.82) is 5.41 Å². The maximum absolute atomic E-state index is 6.11. The quantitative estimate of drug-likeness (QED) is 0.457. The summed E-state index contributed by atoms with van der Waals surface area (Å²) < 4.78 is -0.134. The van der Waals surface area contributed by atoms with Crippen LogP contribution in [0.25, 0.3) is 0 Å². The monoisotopic (exact) mass is 109 g/mol. The second-order valence-corrected chi connectivity index (χ2v) is 1.33. The second kappa shape index (κ2) is 2.28. The third kappa shape index (κ3) is 4.03. The van der Waals surface area contributed by atoms with E-state index in [1.807, 2.05) is 0 Å². The van der Waals surface area contributed by atoms with Crippen molar-refractivity contribution in [2.24, 2.45) is 0 Å². The highest BCUT2D eigenvalue weighted by Crippen LogP contribution is 1.97. The minimum absolute atomic E-state index is 0.134. The predicted molar refractivity (Wildman–Crippen MR) is 22.9 cm³/mol. The molecule has 0 aromatic rings. The Kier molecular flexibility index (Phi) is 2.29. The number of rotatable bonds is 0. The van der Waals surface area contributed by atoms with Crippen LogP contribution in [0.3, 0.4) is 0 Å². The van der Waals surface area contributed by atoms with Crippen LogP contribution in [0.4, 0.5) is 0 Å². The molecule has 0 aliphatic rings. The van der Waals surface area contributed by atoms with Crippen molar-refractivity contribution in [1.82, 2.24) is 0 Å². The van der Waals surface area contributed by atoms with Gasteiger partial charge in [-0.05, 0) is 0 Å². The largest absolute Gasteiger partial charge is 0.257 e. The van der Waals surface area contributed by atoms with E-state index >= 15 is 0 Å². The van der Waals surface area contributed by atoms with Crippen molar-refractivity contribution in [3.05, 3.63) is 4.49 Å². The van der Waals surface area contributed by atoms with E-state index in [4.69, 9.17) is 28.6 Å². The van der Waals surface area contributed by atoms with Crippen molar-refractivity contribution in [2.45, 2.75) is 0 Å². The van der Waals surface area contributed by atoms with E-state index in [1.54, 1.807) is 5.87 Å². The first-order valence-electron chi connectivity index (χ1n) is 0.878. The Morgan fingerprint density at radius 2 is 1.80 bits per heavy atom. The molecule has 0 saturated carbocycles. The molecule has 0 rings (SSSR count). The van der Waals surface area contributed by atoms with E-state index in [9.17, 15) is 0 Å². The Balaban J connectivity index is 3.60. The summed E-state index contributed by atoms with van der Waals surface area (Å²) in [6.07, 6.45) is 0. The molecule has 0 atom stereocenters. The summed E-state index contributed by atoms with van der Waals surface area (Å²) in [6.45, 7) is 0. The van der Waals surface area contributed by atoms with Crippen LogP contribution < -0.4 is 0 Å². The van der Waals surface area contributed by atoms with Gasteiger partial charge in [-0.1, -0.05) is 23.2 Å². The average molecular weight is 110 g/mol. The zero-order valence-corrected chi connectivity index (χ0v) is 3.77. The summed E-state index contributed by atoms with van der Waals surface area (Å²) in [5.74, 6) is 1.73. The van der Waals surface area contributed by atoms with Gasteiger partial charge in [0.1, 0.15) is 0 Å². The smallest absolute Gasteiger partial charge is 0.167 e. The molecule has 0 heterocycles. The first kappa shape index (κ1) is 5.03. The number of hydrogen-bond donors (Lipinski definition) is 1. The first-order valence-corrected chi connectivity index (χ1v) is 1.63. The number of hydrogen-bond acceptors (Lipinski definition) is 1. The van der Waals surface area contributed by atoms with Crippen LogP contribution in [0.5, 0.6) is 0 Å². The van der Waals surface area contributed by atoms with E-state index in [2.05, 4.69) is 0 Å². The molecular formula is C2HCl2N. The number of nitrogens with one attached hydrogen (secondary N) is 1. The molecule has 0 radical (unpaired) electrons. The summed E-state index contributed by atoms with van der Waals surface area (Å²) in [7, 11) is 0. The van der Waals surface area contributed by atoms with Crippen LogP contribution in [0.2, 0.25) is 0 Å². The molecule has 0 unspecified atom stereocenters. The maximum Gasteiger partial charge on any atom is 0.167 e. The maximum atomic E-state index is 6.11.